The van der Waals surface area contributed by atoms with E-state index in [2.05, 4.69) is 158 Å². The van der Waals surface area contributed by atoms with Crippen molar-refractivity contribution in [1.29, 1.82) is 0 Å². The highest BCUT2D eigenvalue weighted by Gasteiger charge is 2.57. The van der Waals surface area contributed by atoms with Crippen LogP contribution < -0.4 is 30.7 Å². The minimum Gasteiger partial charge on any atom is -0.457 e. The maximum atomic E-state index is 6.80. The molecule has 0 saturated carbocycles. The molecule has 2 bridgehead atoms. The number of ether oxygens (including phenoxy) is 2. The first kappa shape index (κ1) is 28.2. The minimum absolute atomic E-state index is 0.480. The molecule has 4 heteroatoms. The lowest BCUT2D eigenvalue weighted by Gasteiger charge is -2.47. The number of hydrogen-bond acceptors (Lipinski definition) is 2. The summed E-state index contributed by atoms with van der Waals surface area (Å²) in [5, 5.41) is 5.34. The second kappa shape index (κ2) is 11.7. The van der Waals surface area contributed by atoms with E-state index >= 15 is 0 Å². The van der Waals surface area contributed by atoms with Crippen LogP contribution in [-0.4, -0.2) is 0 Å². The van der Waals surface area contributed by atoms with Crippen LogP contribution in [-0.2, 0) is 4.90 Å². The van der Waals surface area contributed by atoms with E-state index < -0.39 is 20.7 Å². The smallest absolute Gasteiger partial charge is 0.135 e. The zero-order valence-corrected chi connectivity index (χ0v) is 27.3. The molecule has 1 aliphatic carbocycles. The third kappa shape index (κ3) is 4.56. The Morgan fingerprint density at radius 1 is 0.340 bits per heavy atom. The molecule has 0 atom stereocenters. The van der Waals surface area contributed by atoms with Crippen LogP contribution in [0.5, 0.6) is 23.0 Å². The van der Waals surface area contributed by atoms with Crippen molar-refractivity contribution >= 4 is 37.1 Å². The fraction of sp³-hybridized carbons (Fsp3) is 0.0233. The topological polar surface area (TPSA) is 18.5 Å². The Labute approximate surface area is 277 Å². The highest BCUT2D eigenvalue weighted by Crippen LogP contribution is 2.79. The zero-order chi connectivity index (χ0) is 31.2. The standard InChI is InChI=1S/C43H30O2P2/c1-5-18-33(19-6-1)46(34-20-7-2-8-21-34)43(47(35-22-9-3-10-23-35)36-24-11-4-12-25-36)37-26-14-28-39-41(37)42-38(43)27-15-29-40(42)45-32-17-13-16-31(30-32)44-39/h1-30H. The van der Waals surface area contributed by atoms with Crippen molar-refractivity contribution in [1.82, 2.24) is 0 Å². The van der Waals surface area contributed by atoms with E-state index in [0.29, 0.717) is 0 Å². The molecule has 0 fully saturated rings. The van der Waals surface area contributed by atoms with Gasteiger partial charge >= 0.3 is 0 Å². The fourth-order valence-corrected chi connectivity index (χ4v) is 15.1. The van der Waals surface area contributed by atoms with Gasteiger partial charge in [0.1, 0.15) is 23.0 Å². The van der Waals surface area contributed by atoms with Crippen molar-refractivity contribution in [2.45, 2.75) is 4.90 Å². The number of rotatable bonds is 6. The van der Waals surface area contributed by atoms with Crippen LogP contribution >= 0.6 is 15.8 Å². The Bertz CT molecular complexity index is 1970. The monoisotopic (exact) mass is 640 g/mol. The molecule has 0 spiro atoms. The number of fused-ring (bicyclic) bond motifs is 2. The molecule has 1 heterocycles. The highest BCUT2D eigenvalue weighted by atomic mass is 31.2. The van der Waals surface area contributed by atoms with Crippen LogP contribution in [0.15, 0.2) is 182 Å². The van der Waals surface area contributed by atoms with E-state index in [4.69, 9.17) is 9.47 Å². The average Bonchev–Trinajstić information content (AvgIpc) is 3.44. The molecule has 0 radical (unpaired) electrons. The Morgan fingerprint density at radius 2 is 0.681 bits per heavy atom. The summed E-state index contributed by atoms with van der Waals surface area (Å²) in [4.78, 5) is -0.480. The molecular formula is C43H30O2P2. The van der Waals surface area contributed by atoms with Crippen LogP contribution in [0.1, 0.15) is 11.1 Å². The molecule has 0 unspecified atom stereocenters. The molecule has 9 rings (SSSR count). The average molecular weight is 641 g/mol. The van der Waals surface area contributed by atoms with E-state index in [1.54, 1.807) is 0 Å². The van der Waals surface area contributed by atoms with Crippen molar-refractivity contribution in [2.24, 2.45) is 0 Å². The third-order valence-electron chi connectivity index (χ3n) is 9.02. The van der Waals surface area contributed by atoms with Gasteiger partial charge in [0.2, 0.25) is 0 Å². The Balaban J connectivity index is 1.49. The summed E-state index contributed by atoms with van der Waals surface area (Å²) < 4.78 is 13.6. The lowest BCUT2D eigenvalue weighted by Crippen LogP contribution is -2.36. The van der Waals surface area contributed by atoms with Gasteiger partial charge in [0, 0.05) is 17.2 Å². The Hall–Kier alpha value is -5.00. The molecule has 0 N–H and O–H groups in total. The first-order valence-electron chi connectivity index (χ1n) is 15.9. The summed E-state index contributed by atoms with van der Waals surface area (Å²) in [6, 6.07) is 66.0. The predicted octanol–water partition coefficient (Wildman–Crippen LogP) is 10.0. The molecular weight excluding hydrogens is 610 g/mol. The van der Waals surface area contributed by atoms with Gasteiger partial charge in [0.15, 0.2) is 0 Å². The summed E-state index contributed by atoms with van der Waals surface area (Å²) in [6.07, 6.45) is 0. The SMILES string of the molecule is c1ccc(P(c2ccccc2)C2(P(c3ccccc3)c3ccccc3)c3cccc4c3-c3c(cccc32)Oc2cccc(c2)O4)cc1. The highest BCUT2D eigenvalue weighted by molar-refractivity contribution is 7.90. The second-order valence-corrected chi connectivity index (χ2v) is 16.8. The molecule has 0 amide bonds. The third-order valence-corrected chi connectivity index (χ3v) is 15.7. The summed E-state index contributed by atoms with van der Waals surface area (Å²) in [6.45, 7) is 0. The van der Waals surface area contributed by atoms with E-state index in [1.165, 1.54) is 32.3 Å². The molecule has 2 nitrogen and oxygen atoms in total. The largest absolute Gasteiger partial charge is 0.457 e. The van der Waals surface area contributed by atoms with Gasteiger partial charge in [-0.15, -0.1) is 0 Å². The maximum Gasteiger partial charge on any atom is 0.135 e. The van der Waals surface area contributed by atoms with Crippen molar-refractivity contribution in [3.8, 4) is 34.1 Å². The van der Waals surface area contributed by atoms with Crippen molar-refractivity contribution in [2.75, 3.05) is 0 Å². The van der Waals surface area contributed by atoms with Crippen molar-refractivity contribution in [3.63, 3.8) is 0 Å². The predicted molar refractivity (Wildman–Crippen MR) is 197 cm³/mol. The van der Waals surface area contributed by atoms with E-state index in [0.717, 1.165) is 34.1 Å². The molecule has 0 saturated heterocycles. The molecule has 7 aromatic carbocycles. The summed E-state index contributed by atoms with van der Waals surface area (Å²) in [5.74, 6) is 3.25. The van der Waals surface area contributed by atoms with Gasteiger partial charge in [0.05, 0.1) is 4.90 Å². The van der Waals surface area contributed by atoms with Crippen molar-refractivity contribution < 1.29 is 9.47 Å². The lowest BCUT2D eigenvalue weighted by molar-refractivity contribution is 0.468. The van der Waals surface area contributed by atoms with Crippen molar-refractivity contribution in [3.05, 3.63) is 193 Å². The van der Waals surface area contributed by atoms with Crippen LogP contribution in [0, 0.1) is 0 Å². The molecule has 7 aromatic rings. The normalized spacial score (nSPS) is 13.6. The summed E-state index contributed by atoms with van der Waals surface area (Å²) in [5.41, 5.74) is 4.82. The van der Waals surface area contributed by atoms with Gasteiger partial charge in [-0.2, -0.15) is 0 Å². The van der Waals surface area contributed by atoms with Gasteiger partial charge in [-0.05, 0) is 72.5 Å². The van der Waals surface area contributed by atoms with Gasteiger partial charge < -0.3 is 9.47 Å². The van der Waals surface area contributed by atoms with Crippen LogP contribution in [0.3, 0.4) is 0 Å². The fourth-order valence-electron chi connectivity index (χ4n) is 7.26. The second-order valence-electron chi connectivity index (χ2n) is 11.7. The van der Waals surface area contributed by atoms with Crippen LogP contribution in [0.25, 0.3) is 11.1 Å². The van der Waals surface area contributed by atoms with Gasteiger partial charge in [-0.1, -0.05) is 152 Å². The summed E-state index contributed by atoms with van der Waals surface area (Å²) in [7, 11) is -2.11. The maximum absolute atomic E-state index is 6.80. The van der Waals surface area contributed by atoms with Gasteiger partial charge in [0.25, 0.3) is 0 Å². The Kier molecular flexibility index (Phi) is 7.01. The molecule has 0 aromatic heterocycles. The molecule has 1 aliphatic heterocycles. The number of hydrogen-bond donors (Lipinski definition) is 0. The summed E-state index contributed by atoms with van der Waals surface area (Å²) >= 11 is 0. The van der Waals surface area contributed by atoms with E-state index in [1.807, 2.05) is 24.3 Å². The molecule has 47 heavy (non-hydrogen) atoms. The van der Waals surface area contributed by atoms with Crippen LogP contribution in [0.4, 0.5) is 0 Å². The van der Waals surface area contributed by atoms with Gasteiger partial charge in [-0.25, -0.2) is 0 Å². The van der Waals surface area contributed by atoms with Gasteiger partial charge in [-0.3, -0.25) is 0 Å². The molecule has 2 aliphatic rings. The molecule has 224 valence electrons. The van der Waals surface area contributed by atoms with E-state index in [-0.39, 0.29) is 0 Å². The van der Waals surface area contributed by atoms with Crippen LogP contribution in [0.2, 0.25) is 0 Å². The Morgan fingerprint density at radius 3 is 1.04 bits per heavy atom. The first-order chi connectivity index (χ1) is 23.3. The number of benzene rings is 7. The first-order valence-corrected chi connectivity index (χ1v) is 18.5. The van der Waals surface area contributed by atoms with E-state index in [9.17, 15) is 0 Å². The lowest BCUT2D eigenvalue weighted by atomic mass is 10.0. The minimum atomic E-state index is -1.05. The quantitative estimate of drug-likeness (QED) is 0.169. The zero-order valence-electron chi connectivity index (χ0n) is 25.5.